The third-order valence-electron chi connectivity index (χ3n) is 2.73. The molecule has 0 aliphatic rings. The SMILES string of the molecule is CCC(N)CC(=O)Nc1c(C)cc(Br)cc1C. The molecule has 0 bridgehead atoms. The molecule has 0 radical (unpaired) electrons. The van der Waals surface area contributed by atoms with E-state index < -0.39 is 0 Å². The molecule has 1 atom stereocenters. The third-order valence-corrected chi connectivity index (χ3v) is 3.19. The van der Waals surface area contributed by atoms with E-state index in [0.717, 1.165) is 27.7 Å². The fourth-order valence-corrected chi connectivity index (χ4v) is 2.37. The first kappa shape index (κ1) is 14.2. The Labute approximate surface area is 111 Å². The van der Waals surface area contributed by atoms with Gasteiger partial charge in [0.15, 0.2) is 0 Å². The highest BCUT2D eigenvalue weighted by Gasteiger charge is 2.11. The molecule has 0 spiro atoms. The number of halogens is 1. The molecule has 0 saturated carbocycles. The fraction of sp³-hybridized carbons (Fsp3) is 0.462. The lowest BCUT2D eigenvalue weighted by Crippen LogP contribution is -2.26. The molecule has 1 aromatic rings. The van der Waals surface area contributed by atoms with Crippen LogP contribution in [0.3, 0.4) is 0 Å². The zero-order valence-electron chi connectivity index (χ0n) is 10.5. The number of anilines is 1. The lowest BCUT2D eigenvalue weighted by atomic mass is 10.1. The van der Waals surface area contributed by atoms with E-state index in [9.17, 15) is 4.79 Å². The summed E-state index contributed by atoms with van der Waals surface area (Å²) < 4.78 is 1.02. The Morgan fingerprint density at radius 1 is 1.41 bits per heavy atom. The second-order valence-electron chi connectivity index (χ2n) is 4.34. The maximum atomic E-state index is 11.8. The summed E-state index contributed by atoms with van der Waals surface area (Å²) in [6, 6.07) is 3.91. The largest absolute Gasteiger partial charge is 0.327 e. The van der Waals surface area contributed by atoms with Gasteiger partial charge in [-0.25, -0.2) is 0 Å². The summed E-state index contributed by atoms with van der Waals surface area (Å²) in [5.41, 5.74) is 8.75. The van der Waals surface area contributed by atoms with E-state index in [1.54, 1.807) is 0 Å². The van der Waals surface area contributed by atoms with E-state index in [2.05, 4.69) is 21.2 Å². The minimum absolute atomic E-state index is 0.0205. The molecule has 3 nitrogen and oxygen atoms in total. The average Bonchev–Trinajstić information content (AvgIpc) is 2.23. The molecule has 0 aromatic heterocycles. The van der Waals surface area contributed by atoms with Crippen molar-refractivity contribution in [1.82, 2.24) is 0 Å². The van der Waals surface area contributed by atoms with Gasteiger partial charge in [0.05, 0.1) is 0 Å². The van der Waals surface area contributed by atoms with Crippen molar-refractivity contribution in [3.63, 3.8) is 0 Å². The van der Waals surface area contributed by atoms with Crippen LogP contribution in [0.4, 0.5) is 5.69 Å². The lowest BCUT2D eigenvalue weighted by molar-refractivity contribution is -0.116. The van der Waals surface area contributed by atoms with Gasteiger partial charge >= 0.3 is 0 Å². The number of hydrogen-bond acceptors (Lipinski definition) is 2. The van der Waals surface area contributed by atoms with Crippen molar-refractivity contribution in [2.45, 2.75) is 39.7 Å². The lowest BCUT2D eigenvalue weighted by Gasteiger charge is -2.14. The Morgan fingerprint density at radius 2 is 1.94 bits per heavy atom. The van der Waals surface area contributed by atoms with Crippen LogP contribution in [-0.4, -0.2) is 11.9 Å². The van der Waals surface area contributed by atoms with Crippen molar-refractivity contribution < 1.29 is 4.79 Å². The third kappa shape index (κ3) is 4.13. The van der Waals surface area contributed by atoms with Crippen molar-refractivity contribution in [2.24, 2.45) is 5.73 Å². The normalized spacial score (nSPS) is 12.3. The maximum absolute atomic E-state index is 11.8. The van der Waals surface area contributed by atoms with Gasteiger partial charge in [0, 0.05) is 22.6 Å². The zero-order chi connectivity index (χ0) is 13.0. The monoisotopic (exact) mass is 298 g/mol. The van der Waals surface area contributed by atoms with E-state index in [1.807, 2.05) is 32.9 Å². The number of aryl methyl sites for hydroxylation is 2. The summed E-state index contributed by atoms with van der Waals surface area (Å²) >= 11 is 3.43. The Kier molecular flexibility index (Phi) is 5.15. The van der Waals surface area contributed by atoms with E-state index >= 15 is 0 Å². The molecule has 0 heterocycles. The van der Waals surface area contributed by atoms with Crippen LogP contribution in [0.5, 0.6) is 0 Å². The smallest absolute Gasteiger partial charge is 0.225 e. The number of nitrogens with two attached hydrogens (primary N) is 1. The van der Waals surface area contributed by atoms with E-state index in [4.69, 9.17) is 5.73 Å². The second-order valence-corrected chi connectivity index (χ2v) is 5.25. The van der Waals surface area contributed by atoms with Crippen molar-refractivity contribution in [3.05, 3.63) is 27.7 Å². The predicted octanol–water partition coefficient (Wildman–Crippen LogP) is 3.13. The molecule has 4 heteroatoms. The highest BCUT2D eigenvalue weighted by atomic mass is 79.9. The number of carbonyl (C=O) groups excluding carboxylic acids is 1. The Bertz CT molecular complexity index is 395. The maximum Gasteiger partial charge on any atom is 0.225 e. The van der Waals surface area contributed by atoms with Crippen LogP contribution in [0.15, 0.2) is 16.6 Å². The topological polar surface area (TPSA) is 55.1 Å². The van der Waals surface area contributed by atoms with E-state index in [-0.39, 0.29) is 11.9 Å². The van der Waals surface area contributed by atoms with Crippen LogP contribution in [0.25, 0.3) is 0 Å². The second kappa shape index (κ2) is 6.17. The van der Waals surface area contributed by atoms with E-state index in [1.165, 1.54) is 0 Å². The molecule has 3 N–H and O–H groups in total. The van der Waals surface area contributed by atoms with Gasteiger partial charge in [-0.15, -0.1) is 0 Å². The van der Waals surface area contributed by atoms with Crippen LogP contribution in [-0.2, 0) is 4.79 Å². The predicted molar refractivity (Wildman–Crippen MR) is 75.1 cm³/mol. The van der Waals surface area contributed by atoms with Crippen LogP contribution in [0, 0.1) is 13.8 Å². The van der Waals surface area contributed by atoms with Gasteiger partial charge in [-0.05, 0) is 43.5 Å². The molecule has 0 saturated heterocycles. The summed E-state index contributed by atoms with van der Waals surface area (Å²) in [7, 11) is 0. The number of hydrogen-bond donors (Lipinski definition) is 2. The summed E-state index contributed by atoms with van der Waals surface area (Å²) in [6.07, 6.45) is 1.18. The first-order valence-electron chi connectivity index (χ1n) is 5.76. The first-order chi connectivity index (χ1) is 7.93. The standard InChI is InChI=1S/C13H19BrN2O/c1-4-11(15)7-12(17)16-13-8(2)5-10(14)6-9(13)3/h5-6,11H,4,7,15H2,1-3H3,(H,16,17). The molecule has 17 heavy (non-hydrogen) atoms. The fourth-order valence-electron chi connectivity index (χ4n) is 1.68. The molecule has 0 fully saturated rings. The number of benzene rings is 1. The highest BCUT2D eigenvalue weighted by Crippen LogP contribution is 2.25. The highest BCUT2D eigenvalue weighted by molar-refractivity contribution is 9.10. The Morgan fingerprint density at radius 3 is 2.41 bits per heavy atom. The minimum Gasteiger partial charge on any atom is -0.327 e. The molecular weight excluding hydrogens is 280 g/mol. The summed E-state index contributed by atoms with van der Waals surface area (Å²) in [4.78, 5) is 11.8. The van der Waals surface area contributed by atoms with Crippen molar-refractivity contribution in [2.75, 3.05) is 5.32 Å². The molecule has 94 valence electrons. The average molecular weight is 299 g/mol. The number of nitrogens with one attached hydrogen (secondary N) is 1. The minimum atomic E-state index is -0.0638. The quantitative estimate of drug-likeness (QED) is 0.897. The van der Waals surface area contributed by atoms with Crippen LogP contribution < -0.4 is 11.1 Å². The number of amides is 1. The summed E-state index contributed by atoms with van der Waals surface area (Å²) in [5, 5.41) is 2.93. The molecule has 1 amide bonds. The molecule has 1 unspecified atom stereocenters. The Hall–Kier alpha value is -0.870. The van der Waals surface area contributed by atoms with Gasteiger partial charge in [0.2, 0.25) is 5.91 Å². The zero-order valence-corrected chi connectivity index (χ0v) is 12.1. The van der Waals surface area contributed by atoms with Crippen molar-refractivity contribution in [1.29, 1.82) is 0 Å². The van der Waals surface area contributed by atoms with Crippen molar-refractivity contribution in [3.8, 4) is 0 Å². The van der Waals surface area contributed by atoms with Crippen LogP contribution in [0.2, 0.25) is 0 Å². The van der Waals surface area contributed by atoms with Gasteiger partial charge in [-0.1, -0.05) is 22.9 Å². The van der Waals surface area contributed by atoms with E-state index in [0.29, 0.717) is 6.42 Å². The Balaban J connectivity index is 2.78. The molecular formula is C13H19BrN2O. The molecule has 1 rings (SSSR count). The summed E-state index contributed by atoms with van der Waals surface area (Å²) in [5.74, 6) is -0.0205. The molecule has 0 aliphatic carbocycles. The van der Waals surface area contributed by atoms with Gasteiger partial charge < -0.3 is 11.1 Å². The first-order valence-corrected chi connectivity index (χ1v) is 6.55. The van der Waals surface area contributed by atoms with Crippen LogP contribution in [0.1, 0.15) is 30.9 Å². The number of carbonyl (C=O) groups is 1. The number of rotatable bonds is 4. The van der Waals surface area contributed by atoms with Gasteiger partial charge in [-0.2, -0.15) is 0 Å². The van der Waals surface area contributed by atoms with Gasteiger partial charge in [0.25, 0.3) is 0 Å². The van der Waals surface area contributed by atoms with Crippen molar-refractivity contribution >= 4 is 27.5 Å². The summed E-state index contributed by atoms with van der Waals surface area (Å²) in [6.45, 7) is 5.94. The van der Waals surface area contributed by atoms with Crippen LogP contribution >= 0.6 is 15.9 Å². The van der Waals surface area contributed by atoms with Gasteiger partial charge in [0.1, 0.15) is 0 Å². The van der Waals surface area contributed by atoms with Gasteiger partial charge in [-0.3, -0.25) is 4.79 Å². The molecule has 0 aliphatic heterocycles. The molecule has 1 aromatic carbocycles.